The molecule has 2 heterocycles. The predicted octanol–water partition coefficient (Wildman–Crippen LogP) is 2.58. The highest BCUT2D eigenvalue weighted by molar-refractivity contribution is 5.14. The predicted molar refractivity (Wildman–Crippen MR) is 101 cm³/mol. The number of hydrogen-bond acceptors (Lipinski definition) is 4. The van der Waals surface area contributed by atoms with E-state index in [9.17, 15) is 5.11 Å². The molecule has 4 heteroatoms. The molecule has 2 aromatic rings. The Morgan fingerprint density at radius 1 is 1.00 bits per heavy atom. The van der Waals surface area contributed by atoms with E-state index in [-0.39, 0.29) is 6.61 Å². The van der Waals surface area contributed by atoms with Crippen LogP contribution in [0.4, 0.5) is 0 Å². The van der Waals surface area contributed by atoms with E-state index in [4.69, 9.17) is 0 Å². The minimum atomic E-state index is 0.267. The van der Waals surface area contributed by atoms with E-state index >= 15 is 0 Å². The molecule has 1 atom stereocenters. The summed E-state index contributed by atoms with van der Waals surface area (Å²) in [5.74, 6) is 0. The van der Waals surface area contributed by atoms with Crippen LogP contribution in [0, 0.1) is 0 Å². The van der Waals surface area contributed by atoms with Gasteiger partial charge in [-0.25, -0.2) is 0 Å². The molecule has 1 saturated heterocycles. The van der Waals surface area contributed by atoms with Gasteiger partial charge >= 0.3 is 0 Å². The first-order valence-electron chi connectivity index (χ1n) is 9.35. The molecule has 1 aromatic heterocycles. The third-order valence-electron chi connectivity index (χ3n) is 5.06. The number of rotatable bonds is 8. The van der Waals surface area contributed by atoms with Crippen molar-refractivity contribution in [3.05, 3.63) is 66.0 Å². The molecule has 0 aliphatic carbocycles. The van der Waals surface area contributed by atoms with Crippen molar-refractivity contribution in [2.75, 3.05) is 32.8 Å². The maximum Gasteiger partial charge on any atom is 0.0446 e. The van der Waals surface area contributed by atoms with Gasteiger partial charge in [0.2, 0.25) is 0 Å². The summed E-state index contributed by atoms with van der Waals surface area (Å²) < 4.78 is 0. The zero-order chi connectivity index (χ0) is 17.3. The summed E-state index contributed by atoms with van der Waals surface area (Å²) in [6, 6.07) is 15.3. The first-order chi connectivity index (χ1) is 12.3. The molecule has 1 N–H and O–H groups in total. The van der Waals surface area contributed by atoms with Gasteiger partial charge in [-0.1, -0.05) is 30.3 Å². The lowest BCUT2D eigenvalue weighted by atomic mass is 10.1. The maximum atomic E-state index is 9.46. The van der Waals surface area contributed by atoms with E-state index in [0.29, 0.717) is 6.04 Å². The van der Waals surface area contributed by atoms with E-state index in [2.05, 4.69) is 57.2 Å². The van der Waals surface area contributed by atoms with Crippen molar-refractivity contribution in [3.63, 3.8) is 0 Å². The number of piperazine rings is 1. The van der Waals surface area contributed by atoms with E-state index < -0.39 is 0 Å². The largest absolute Gasteiger partial charge is 0.396 e. The molecule has 1 aromatic carbocycles. The van der Waals surface area contributed by atoms with Gasteiger partial charge < -0.3 is 5.11 Å². The number of aromatic nitrogens is 1. The second-order valence-electron chi connectivity index (χ2n) is 6.88. The molecule has 0 amide bonds. The first-order valence-corrected chi connectivity index (χ1v) is 9.35. The molecule has 3 rings (SSSR count). The number of pyridine rings is 1. The highest BCUT2D eigenvalue weighted by atomic mass is 16.3. The van der Waals surface area contributed by atoms with Gasteiger partial charge in [0.1, 0.15) is 0 Å². The average molecular weight is 339 g/mol. The molecule has 1 fully saturated rings. The van der Waals surface area contributed by atoms with Gasteiger partial charge in [-0.15, -0.1) is 0 Å². The Balaban J connectivity index is 1.49. The van der Waals surface area contributed by atoms with Gasteiger partial charge in [-0.05, 0) is 49.1 Å². The second kappa shape index (κ2) is 9.66. The third kappa shape index (κ3) is 5.63. The lowest BCUT2D eigenvalue weighted by Gasteiger charge is -2.41. The summed E-state index contributed by atoms with van der Waals surface area (Å²) in [5.41, 5.74) is 2.73. The maximum absolute atomic E-state index is 9.46. The van der Waals surface area contributed by atoms with Crippen LogP contribution >= 0.6 is 0 Å². The molecule has 25 heavy (non-hydrogen) atoms. The van der Waals surface area contributed by atoms with Crippen LogP contribution in [0.15, 0.2) is 54.9 Å². The number of hydrogen-bond donors (Lipinski definition) is 1. The summed E-state index contributed by atoms with van der Waals surface area (Å²) in [4.78, 5) is 9.17. The van der Waals surface area contributed by atoms with Crippen LogP contribution in [0.2, 0.25) is 0 Å². The van der Waals surface area contributed by atoms with Crippen LogP contribution in [0.3, 0.4) is 0 Å². The normalized spacial score (nSPS) is 19.2. The highest BCUT2D eigenvalue weighted by Gasteiger charge is 2.26. The Morgan fingerprint density at radius 2 is 1.80 bits per heavy atom. The lowest BCUT2D eigenvalue weighted by molar-refractivity contribution is 0.0547. The molecular weight excluding hydrogens is 310 g/mol. The number of benzene rings is 1. The van der Waals surface area contributed by atoms with Crippen LogP contribution in [-0.2, 0) is 13.0 Å². The molecule has 1 aliphatic heterocycles. The molecule has 1 aliphatic rings. The van der Waals surface area contributed by atoms with Crippen molar-refractivity contribution in [2.24, 2.45) is 0 Å². The van der Waals surface area contributed by atoms with Crippen molar-refractivity contribution < 1.29 is 5.11 Å². The monoisotopic (exact) mass is 339 g/mol. The number of aliphatic hydroxyl groups is 1. The van der Waals surface area contributed by atoms with Crippen molar-refractivity contribution in [1.29, 1.82) is 0 Å². The van der Waals surface area contributed by atoms with Crippen molar-refractivity contribution >= 4 is 0 Å². The van der Waals surface area contributed by atoms with Crippen LogP contribution in [0.25, 0.3) is 0 Å². The molecule has 0 radical (unpaired) electrons. The zero-order valence-electron chi connectivity index (χ0n) is 14.9. The van der Waals surface area contributed by atoms with Crippen LogP contribution in [-0.4, -0.2) is 58.7 Å². The highest BCUT2D eigenvalue weighted by Crippen LogP contribution is 2.16. The topological polar surface area (TPSA) is 39.6 Å². The quantitative estimate of drug-likeness (QED) is 0.802. The summed E-state index contributed by atoms with van der Waals surface area (Å²) in [7, 11) is 0. The molecule has 1 unspecified atom stereocenters. The zero-order valence-corrected chi connectivity index (χ0v) is 14.9. The minimum absolute atomic E-state index is 0.267. The van der Waals surface area contributed by atoms with E-state index in [0.717, 1.165) is 45.6 Å². The van der Waals surface area contributed by atoms with Crippen LogP contribution in [0.5, 0.6) is 0 Å². The Hall–Kier alpha value is -1.75. The van der Waals surface area contributed by atoms with Crippen molar-refractivity contribution in [1.82, 2.24) is 14.8 Å². The molecular formula is C21H29N3O. The summed E-state index contributed by atoms with van der Waals surface area (Å²) in [5, 5.41) is 9.46. The molecule has 134 valence electrons. The summed E-state index contributed by atoms with van der Waals surface area (Å²) >= 11 is 0. The smallest absolute Gasteiger partial charge is 0.0446 e. The fourth-order valence-electron chi connectivity index (χ4n) is 3.70. The minimum Gasteiger partial charge on any atom is -0.396 e. The number of aryl methyl sites for hydroxylation is 1. The second-order valence-corrected chi connectivity index (χ2v) is 6.88. The molecule has 0 spiro atoms. The van der Waals surface area contributed by atoms with Gasteiger partial charge in [0.15, 0.2) is 0 Å². The van der Waals surface area contributed by atoms with Gasteiger partial charge in [0.25, 0.3) is 0 Å². The fraction of sp³-hybridized carbons (Fsp3) is 0.476. The number of nitrogens with zero attached hydrogens (tertiary/aromatic N) is 3. The van der Waals surface area contributed by atoms with E-state index in [1.54, 1.807) is 0 Å². The molecule has 0 bridgehead atoms. The Morgan fingerprint density at radius 3 is 2.56 bits per heavy atom. The van der Waals surface area contributed by atoms with Crippen molar-refractivity contribution in [3.8, 4) is 0 Å². The number of aliphatic hydroxyl groups excluding tert-OH is 1. The van der Waals surface area contributed by atoms with E-state index in [1.165, 1.54) is 17.5 Å². The molecule has 0 saturated carbocycles. The lowest BCUT2D eigenvalue weighted by Crippen LogP contribution is -2.53. The fourth-order valence-corrected chi connectivity index (χ4v) is 3.70. The Kier molecular flexibility index (Phi) is 6.98. The standard InChI is InChI=1S/C21H29N3O/c25-16-10-21-18-23(17-20-8-11-22-12-9-20)14-15-24(21)13-4-7-19-5-2-1-3-6-19/h1-3,5-6,8-9,11-12,21,25H,4,7,10,13-18H2. The van der Waals surface area contributed by atoms with Gasteiger partial charge in [-0.3, -0.25) is 14.8 Å². The van der Waals surface area contributed by atoms with Gasteiger partial charge in [0, 0.05) is 51.2 Å². The SMILES string of the molecule is OCCC1CN(Cc2ccncc2)CCN1CCCc1ccccc1. The Labute approximate surface area is 151 Å². The Bertz CT molecular complexity index is 605. The van der Waals surface area contributed by atoms with Crippen LogP contribution < -0.4 is 0 Å². The third-order valence-corrected chi connectivity index (χ3v) is 5.06. The van der Waals surface area contributed by atoms with Gasteiger partial charge in [-0.2, -0.15) is 0 Å². The van der Waals surface area contributed by atoms with Crippen molar-refractivity contribution in [2.45, 2.75) is 31.8 Å². The van der Waals surface area contributed by atoms with Crippen LogP contribution in [0.1, 0.15) is 24.0 Å². The first kappa shape index (κ1) is 18.1. The van der Waals surface area contributed by atoms with Gasteiger partial charge in [0.05, 0.1) is 0 Å². The summed E-state index contributed by atoms with van der Waals surface area (Å²) in [6.45, 7) is 5.57. The van der Waals surface area contributed by atoms with E-state index in [1.807, 2.05) is 12.4 Å². The summed E-state index contributed by atoms with van der Waals surface area (Å²) in [6.07, 6.45) is 6.89. The average Bonchev–Trinajstić information content (AvgIpc) is 2.65. The molecule has 4 nitrogen and oxygen atoms in total.